The number of aliphatic carboxylic acids is 1. The summed E-state index contributed by atoms with van der Waals surface area (Å²) in [6.07, 6.45) is 3.56. The van der Waals surface area contributed by atoms with Gasteiger partial charge in [0, 0.05) is 17.7 Å². The molecule has 5 nitrogen and oxygen atoms in total. The lowest BCUT2D eigenvalue weighted by Crippen LogP contribution is -2.16. The van der Waals surface area contributed by atoms with Crippen molar-refractivity contribution in [3.63, 3.8) is 0 Å². The van der Waals surface area contributed by atoms with Gasteiger partial charge in [-0.05, 0) is 47.2 Å². The molecule has 0 aliphatic rings. The van der Waals surface area contributed by atoms with E-state index in [4.69, 9.17) is 19.3 Å². The number of benzene rings is 2. The van der Waals surface area contributed by atoms with E-state index in [1.165, 1.54) is 17.2 Å². The fourth-order valence-electron chi connectivity index (χ4n) is 2.88. The fourth-order valence-corrected chi connectivity index (χ4v) is 2.88. The number of hydrogen-bond donors (Lipinski definition) is 1. The molecule has 0 unspecified atom stereocenters. The Labute approximate surface area is 172 Å². The summed E-state index contributed by atoms with van der Waals surface area (Å²) in [5.74, 6) is 1.02. The standard InChI is InChI=1S/C24H30O5/c1-6-17-7-11-21(20(15-17)24(2,3)4)28-13-14-29-22-16-19(27-5)10-8-18(22)9-12-23(25)26/h7-12,15-16H,6,13-14H2,1-5H3,(H,25,26). The highest BCUT2D eigenvalue weighted by Gasteiger charge is 2.19. The minimum Gasteiger partial charge on any atom is -0.497 e. The maximum atomic E-state index is 10.8. The Hall–Kier alpha value is -2.95. The SMILES string of the molecule is CCc1ccc(OCCOc2cc(OC)ccc2C=CC(=O)O)c(C(C)(C)C)c1. The molecule has 0 spiro atoms. The van der Waals surface area contributed by atoms with Crippen LogP contribution in [0.4, 0.5) is 0 Å². The summed E-state index contributed by atoms with van der Waals surface area (Å²) in [5.41, 5.74) is 3.09. The summed E-state index contributed by atoms with van der Waals surface area (Å²) >= 11 is 0. The van der Waals surface area contributed by atoms with Crippen molar-refractivity contribution in [3.05, 3.63) is 59.2 Å². The van der Waals surface area contributed by atoms with E-state index < -0.39 is 5.97 Å². The number of carbonyl (C=O) groups is 1. The number of carboxylic acid groups (broad SMARTS) is 1. The Kier molecular flexibility index (Phi) is 7.71. The molecule has 0 aromatic heterocycles. The van der Waals surface area contributed by atoms with E-state index in [0.29, 0.717) is 30.3 Å². The maximum absolute atomic E-state index is 10.8. The first-order valence-corrected chi connectivity index (χ1v) is 9.72. The monoisotopic (exact) mass is 398 g/mol. The molecule has 2 aromatic rings. The number of ether oxygens (including phenoxy) is 3. The van der Waals surface area contributed by atoms with Crippen LogP contribution in [0.1, 0.15) is 44.4 Å². The van der Waals surface area contributed by atoms with Gasteiger partial charge >= 0.3 is 5.97 Å². The van der Waals surface area contributed by atoms with Crippen molar-refractivity contribution in [1.29, 1.82) is 0 Å². The van der Waals surface area contributed by atoms with Gasteiger partial charge in [0.25, 0.3) is 0 Å². The summed E-state index contributed by atoms with van der Waals surface area (Å²) in [7, 11) is 1.57. The lowest BCUT2D eigenvalue weighted by Gasteiger charge is -2.24. The van der Waals surface area contributed by atoms with Crippen molar-refractivity contribution in [1.82, 2.24) is 0 Å². The molecule has 0 fully saturated rings. The van der Waals surface area contributed by atoms with Crippen molar-refractivity contribution < 1.29 is 24.1 Å². The van der Waals surface area contributed by atoms with Gasteiger partial charge in [0.05, 0.1) is 7.11 Å². The van der Waals surface area contributed by atoms with Gasteiger partial charge in [-0.25, -0.2) is 4.79 Å². The van der Waals surface area contributed by atoms with E-state index in [9.17, 15) is 4.79 Å². The second kappa shape index (κ2) is 10.0. The molecule has 156 valence electrons. The van der Waals surface area contributed by atoms with Crippen molar-refractivity contribution >= 4 is 12.0 Å². The normalized spacial score (nSPS) is 11.5. The second-order valence-electron chi connectivity index (χ2n) is 7.71. The van der Waals surface area contributed by atoms with Crippen LogP contribution >= 0.6 is 0 Å². The summed E-state index contributed by atoms with van der Waals surface area (Å²) in [6, 6.07) is 11.6. The van der Waals surface area contributed by atoms with Crippen LogP contribution in [0.25, 0.3) is 6.08 Å². The summed E-state index contributed by atoms with van der Waals surface area (Å²) in [6.45, 7) is 9.34. The van der Waals surface area contributed by atoms with Crippen molar-refractivity contribution in [2.75, 3.05) is 20.3 Å². The highest BCUT2D eigenvalue weighted by atomic mass is 16.5. The lowest BCUT2D eigenvalue weighted by molar-refractivity contribution is -0.131. The molecule has 0 bridgehead atoms. The number of rotatable bonds is 9. The zero-order valence-electron chi connectivity index (χ0n) is 17.8. The first kappa shape index (κ1) is 22.3. The molecular formula is C24H30O5. The zero-order valence-corrected chi connectivity index (χ0v) is 17.8. The predicted octanol–water partition coefficient (Wildman–Crippen LogP) is 5.11. The molecule has 0 saturated heterocycles. The molecule has 0 aliphatic carbocycles. The van der Waals surface area contributed by atoms with Gasteiger partial charge in [-0.2, -0.15) is 0 Å². The molecule has 0 amide bonds. The van der Waals surface area contributed by atoms with E-state index in [-0.39, 0.29) is 5.41 Å². The van der Waals surface area contributed by atoms with Crippen molar-refractivity contribution in [2.45, 2.75) is 39.5 Å². The molecule has 29 heavy (non-hydrogen) atoms. The summed E-state index contributed by atoms with van der Waals surface area (Å²) in [5, 5.41) is 8.86. The number of methoxy groups -OCH3 is 1. The van der Waals surface area contributed by atoms with E-state index in [1.54, 1.807) is 25.3 Å². The number of carboxylic acids is 1. The van der Waals surface area contributed by atoms with E-state index >= 15 is 0 Å². The Balaban J connectivity index is 2.08. The van der Waals surface area contributed by atoms with Crippen LogP contribution < -0.4 is 14.2 Å². The van der Waals surface area contributed by atoms with Gasteiger partial charge in [-0.3, -0.25) is 0 Å². The predicted molar refractivity (Wildman–Crippen MR) is 115 cm³/mol. The van der Waals surface area contributed by atoms with Gasteiger partial charge in [-0.15, -0.1) is 0 Å². The van der Waals surface area contributed by atoms with E-state index in [2.05, 4.69) is 39.8 Å². The molecule has 5 heteroatoms. The van der Waals surface area contributed by atoms with Crippen molar-refractivity contribution in [3.8, 4) is 17.2 Å². The topological polar surface area (TPSA) is 65.0 Å². The number of hydrogen-bond acceptors (Lipinski definition) is 4. The summed E-state index contributed by atoms with van der Waals surface area (Å²) in [4.78, 5) is 10.8. The first-order valence-electron chi connectivity index (χ1n) is 9.72. The fraction of sp³-hybridized carbons (Fsp3) is 0.375. The Morgan fingerprint density at radius 3 is 2.31 bits per heavy atom. The van der Waals surface area contributed by atoms with Gasteiger partial charge in [0.15, 0.2) is 0 Å². The van der Waals surface area contributed by atoms with Gasteiger partial charge in [0.1, 0.15) is 30.5 Å². The minimum atomic E-state index is -1.01. The van der Waals surface area contributed by atoms with Crippen LogP contribution in [-0.2, 0) is 16.6 Å². The molecule has 2 rings (SSSR count). The molecule has 2 aromatic carbocycles. The first-order chi connectivity index (χ1) is 13.7. The van der Waals surface area contributed by atoms with Crippen molar-refractivity contribution in [2.24, 2.45) is 0 Å². The molecule has 1 N–H and O–H groups in total. The quantitative estimate of drug-likeness (QED) is 0.470. The Morgan fingerprint density at radius 1 is 1.03 bits per heavy atom. The van der Waals surface area contributed by atoms with Gasteiger partial charge < -0.3 is 19.3 Å². The summed E-state index contributed by atoms with van der Waals surface area (Å²) < 4.78 is 17.1. The average molecular weight is 398 g/mol. The van der Waals surface area contributed by atoms with E-state index in [0.717, 1.165) is 18.2 Å². The largest absolute Gasteiger partial charge is 0.497 e. The molecule has 0 saturated carbocycles. The second-order valence-corrected chi connectivity index (χ2v) is 7.71. The highest BCUT2D eigenvalue weighted by molar-refractivity contribution is 5.86. The van der Waals surface area contributed by atoms with Crippen LogP contribution in [0.5, 0.6) is 17.2 Å². The smallest absolute Gasteiger partial charge is 0.328 e. The van der Waals surface area contributed by atoms with Crippen LogP contribution in [-0.4, -0.2) is 31.4 Å². The van der Waals surface area contributed by atoms with E-state index in [1.807, 2.05) is 6.07 Å². The third-order valence-corrected chi connectivity index (χ3v) is 4.48. The van der Waals surface area contributed by atoms with Crippen LogP contribution in [0.3, 0.4) is 0 Å². The van der Waals surface area contributed by atoms with Gasteiger partial charge in [-0.1, -0.05) is 39.8 Å². The van der Waals surface area contributed by atoms with Crippen LogP contribution in [0, 0.1) is 0 Å². The third-order valence-electron chi connectivity index (χ3n) is 4.48. The zero-order chi connectivity index (χ0) is 21.4. The van der Waals surface area contributed by atoms with Gasteiger partial charge in [0.2, 0.25) is 0 Å². The molecule has 0 radical (unpaired) electrons. The van der Waals surface area contributed by atoms with Crippen LogP contribution in [0.15, 0.2) is 42.5 Å². The number of aryl methyl sites for hydroxylation is 1. The Bertz CT molecular complexity index is 862. The maximum Gasteiger partial charge on any atom is 0.328 e. The molecule has 0 aliphatic heterocycles. The van der Waals surface area contributed by atoms with Crippen LogP contribution in [0.2, 0.25) is 0 Å². The third kappa shape index (κ3) is 6.56. The molecule has 0 heterocycles. The molecule has 0 atom stereocenters. The Morgan fingerprint density at radius 2 is 1.72 bits per heavy atom. The highest BCUT2D eigenvalue weighted by Crippen LogP contribution is 2.32. The average Bonchev–Trinajstić information content (AvgIpc) is 2.69. The minimum absolute atomic E-state index is 0.0248. The lowest BCUT2D eigenvalue weighted by atomic mass is 9.85. The molecular weight excluding hydrogens is 368 g/mol.